The summed E-state index contributed by atoms with van der Waals surface area (Å²) in [5.41, 5.74) is 5.76. The Morgan fingerprint density at radius 1 is 1.56 bits per heavy atom. The number of sulfonamides is 1. The fourth-order valence-corrected chi connectivity index (χ4v) is 3.45. The summed E-state index contributed by atoms with van der Waals surface area (Å²) in [7, 11) is -1.74. The van der Waals surface area contributed by atoms with Gasteiger partial charge in [-0.2, -0.15) is 4.31 Å². The zero-order chi connectivity index (χ0) is 11.9. The molecular weight excluding hydrogens is 228 g/mol. The second-order valence-electron chi connectivity index (χ2n) is 4.06. The molecule has 1 saturated heterocycles. The number of hydrogen-bond donors (Lipinski definition) is 1. The van der Waals surface area contributed by atoms with E-state index in [1.54, 1.807) is 18.5 Å². The second-order valence-corrected chi connectivity index (χ2v) is 5.90. The van der Waals surface area contributed by atoms with E-state index in [9.17, 15) is 8.42 Å². The molecule has 7 heteroatoms. The summed E-state index contributed by atoms with van der Waals surface area (Å²) in [6.45, 7) is 2.25. The predicted molar refractivity (Wildman–Crippen MR) is 59.0 cm³/mol. The average Bonchev–Trinajstić information content (AvgIpc) is 2.75. The molecule has 0 amide bonds. The first kappa shape index (κ1) is 11.6. The number of nitrogens with zero attached hydrogens (tertiary/aromatic N) is 3. The number of hydrogen-bond acceptors (Lipinski definition) is 4. The number of rotatable bonds is 2. The summed E-state index contributed by atoms with van der Waals surface area (Å²) in [6, 6.07) is 0. The first-order chi connectivity index (χ1) is 7.43. The highest BCUT2D eigenvalue weighted by atomic mass is 32.2. The minimum absolute atomic E-state index is 0.0878. The van der Waals surface area contributed by atoms with Gasteiger partial charge in [0, 0.05) is 19.8 Å². The molecule has 0 radical (unpaired) electrons. The van der Waals surface area contributed by atoms with Crippen LogP contribution in [-0.4, -0.2) is 35.0 Å². The molecule has 1 aromatic rings. The van der Waals surface area contributed by atoms with E-state index < -0.39 is 16.2 Å². The number of aromatic nitrogens is 2. The van der Waals surface area contributed by atoms with Crippen molar-refractivity contribution in [3.63, 3.8) is 0 Å². The first-order valence-electron chi connectivity index (χ1n) is 5.20. The van der Waals surface area contributed by atoms with Gasteiger partial charge in [-0.05, 0) is 19.8 Å². The van der Waals surface area contributed by atoms with Crippen molar-refractivity contribution < 1.29 is 8.42 Å². The summed E-state index contributed by atoms with van der Waals surface area (Å²) < 4.78 is 27.4. The van der Waals surface area contributed by atoms with Crippen LogP contribution in [0.4, 0.5) is 0 Å². The van der Waals surface area contributed by atoms with Crippen molar-refractivity contribution in [2.75, 3.05) is 6.54 Å². The van der Waals surface area contributed by atoms with Crippen LogP contribution in [-0.2, 0) is 17.1 Å². The molecule has 90 valence electrons. The van der Waals surface area contributed by atoms with Crippen molar-refractivity contribution >= 4 is 10.0 Å². The SMILES string of the molecule is Cc1nc(S(=O)(=O)N2CCCC2N)cn1C. The summed E-state index contributed by atoms with van der Waals surface area (Å²) in [4.78, 5) is 4.04. The minimum atomic E-state index is -3.51. The molecule has 1 fully saturated rings. The highest BCUT2D eigenvalue weighted by Gasteiger charge is 2.34. The first-order valence-corrected chi connectivity index (χ1v) is 6.64. The van der Waals surface area contributed by atoms with Crippen molar-refractivity contribution in [3.05, 3.63) is 12.0 Å². The molecule has 2 heterocycles. The van der Waals surface area contributed by atoms with Crippen LogP contribution < -0.4 is 5.73 Å². The Morgan fingerprint density at radius 3 is 2.69 bits per heavy atom. The maximum absolute atomic E-state index is 12.2. The van der Waals surface area contributed by atoms with Crippen LogP contribution in [0.1, 0.15) is 18.7 Å². The molecule has 0 bridgehead atoms. The number of nitrogens with two attached hydrogens (primary N) is 1. The normalized spacial score (nSPS) is 22.8. The predicted octanol–water partition coefficient (Wildman–Crippen LogP) is -0.202. The Bertz CT molecular complexity index is 474. The van der Waals surface area contributed by atoms with Crippen LogP contribution in [0.5, 0.6) is 0 Å². The summed E-state index contributed by atoms with van der Waals surface area (Å²) in [5, 5.41) is 0.0878. The van der Waals surface area contributed by atoms with Crippen molar-refractivity contribution in [1.29, 1.82) is 0 Å². The minimum Gasteiger partial charge on any atom is -0.337 e. The topological polar surface area (TPSA) is 81.2 Å². The fraction of sp³-hybridized carbons (Fsp3) is 0.667. The Hall–Kier alpha value is -0.920. The van der Waals surface area contributed by atoms with Gasteiger partial charge >= 0.3 is 0 Å². The average molecular weight is 244 g/mol. The van der Waals surface area contributed by atoms with Crippen LogP contribution in [0, 0.1) is 6.92 Å². The quantitative estimate of drug-likeness (QED) is 0.781. The molecule has 0 aliphatic carbocycles. The molecule has 0 spiro atoms. The lowest BCUT2D eigenvalue weighted by Gasteiger charge is -2.18. The van der Waals surface area contributed by atoms with Gasteiger partial charge in [0.05, 0.1) is 6.17 Å². The fourth-order valence-electron chi connectivity index (χ4n) is 1.84. The van der Waals surface area contributed by atoms with E-state index in [4.69, 9.17) is 5.73 Å². The van der Waals surface area contributed by atoms with E-state index in [-0.39, 0.29) is 5.03 Å². The van der Waals surface area contributed by atoms with Gasteiger partial charge in [-0.15, -0.1) is 0 Å². The van der Waals surface area contributed by atoms with E-state index in [2.05, 4.69) is 4.98 Å². The van der Waals surface area contributed by atoms with Gasteiger partial charge in [0.25, 0.3) is 10.0 Å². The lowest BCUT2D eigenvalue weighted by Crippen LogP contribution is -2.41. The maximum Gasteiger partial charge on any atom is 0.263 e. The van der Waals surface area contributed by atoms with Crippen molar-refractivity contribution in [1.82, 2.24) is 13.9 Å². The van der Waals surface area contributed by atoms with Gasteiger partial charge in [0.15, 0.2) is 5.03 Å². The molecule has 2 rings (SSSR count). The third kappa shape index (κ3) is 1.74. The molecule has 0 aromatic carbocycles. The van der Waals surface area contributed by atoms with Crippen LogP contribution in [0.2, 0.25) is 0 Å². The standard InChI is InChI=1S/C9H16N4O2S/c1-7-11-9(6-12(7)2)16(14,15)13-5-3-4-8(13)10/h6,8H,3-5,10H2,1-2H3. The molecule has 6 nitrogen and oxygen atoms in total. The summed E-state index contributed by atoms with van der Waals surface area (Å²) in [6.07, 6.45) is 2.64. The van der Waals surface area contributed by atoms with E-state index in [0.717, 1.165) is 6.42 Å². The van der Waals surface area contributed by atoms with Crippen molar-refractivity contribution in [2.45, 2.75) is 31.0 Å². The van der Waals surface area contributed by atoms with E-state index in [1.165, 1.54) is 10.5 Å². The van der Waals surface area contributed by atoms with Gasteiger partial charge in [0.2, 0.25) is 0 Å². The van der Waals surface area contributed by atoms with Crippen LogP contribution >= 0.6 is 0 Å². The van der Waals surface area contributed by atoms with E-state index in [0.29, 0.717) is 18.8 Å². The molecule has 1 aliphatic rings. The number of aryl methyl sites for hydroxylation is 2. The highest BCUT2D eigenvalue weighted by Crippen LogP contribution is 2.22. The van der Waals surface area contributed by atoms with Crippen molar-refractivity contribution in [3.8, 4) is 0 Å². The second kappa shape index (κ2) is 3.83. The monoisotopic (exact) mass is 244 g/mol. The summed E-state index contributed by atoms with van der Waals surface area (Å²) >= 11 is 0. The van der Waals surface area contributed by atoms with E-state index in [1.807, 2.05) is 0 Å². The largest absolute Gasteiger partial charge is 0.337 e. The Morgan fingerprint density at radius 2 is 2.25 bits per heavy atom. The van der Waals surface area contributed by atoms with E-state index >= 15 is 0 Å². The lowest BCUT2D eigenvalue weighted by molar-refractivity contribution is 0.394. The number of imidazole rings is 1. The van der Waals surface area contributed by atoms with Crippen molar-refractivity contribution in [2.24, 2.45) is 12.8 Å². The van der Waals surface area contributed by atoms with Crippen LogP contribution in [0.25, 0.3) is 0 Å². The smallest absolute Gasteiger partial charge is 0.263 e. The van der Waals surface area contributed by atoms with Gasteiger partial charge < -0.3 is 10.3 Å². The molecule has 0 saturated carbocycles. The molecule has 2 N–H and O–H groups in total. The van der Waals surface area contributed by atoms with Gasteiger partial charge in [0.1, 0.15) is 5.82 Å². The van der Waals surface area contributed by atoms with Crippen LogP contribution in [0.15, 0.2) is 11.2 Å². The molecule has 1 aromatic heterocycles. The molecule has 1 atom stereocenters. The van der Waals surface area contributed by atoms with Gasteiger partial charge in [-0.3, -0.25) is 0 Å². The Balaban J connectivity index is 2.38. The zero-order valence-electron chi connectivity index (χ0n) is 9.42. The maximum atomic E-state index is 12.2. The molecule has 1 aliphatic heterocycles. The third-order valence-electron chi connectivity index (χ3n) is 2.91. The zero-order valence-corrected chi connectivity index (χ0v) is 10.2. The molecule has 16 heavy (non-hydrogen) atoms. The Labute approximate surface area is 95.1 Å². The third-order valence-corrected chi connectivity index (χ3v) is 4.70. The van der Waals surface area contributed by atoms with Gasteiger partial charge in [-0.25, -0.2) is 13.4 Å². The van der Waals surface area contributed by atoms with Gasteiger partial charge in [-0.1, -0.05) is 0 Å². The lowest BCUT2D eigenvalue weighted by atomic mass is 10.3. The summed E-state index contributed by atoms with van der Waals surface area (Å²) in [5.74, 6) is 0.673. The van der Waals surface area contributed by atoms with Crippen LogP contribution in [0.3, 0.4) is 0 Å². The molecule has 1 unspecified atom stereocenters. The highest BCUT2D eigenvalue weighted by molar-refractivity contribution is 7.89. The Kier molecular flexibility index (Phi) is 2.77. The molecular formula is C9H16N4O2S.